The second-order valence-electron chi connectivity index (χ2n) is 4.10. The quantitative estimate of drug-likeness (QED) is 0.615. The van der Waals surface area contributed by atoms with Gasteiger partial charge in [-0.05, 0) is 23.3 Å². The fraction of sp³-hybridized carbons (Fsp3) is 0.0714. The van der Waals surface area contributed by atoms with Crippen LogP contribution in [-0.4, -0.2) is 5.78 Å². The van der Waals surface area contributed by atoms with Crippen LogP contribution in [0, 0.1) is 0 Å². The van der Waals surface area contributed by atoms with Crippen LogP contribution in [-0.2, 0) is 0 Å². The van der Waals surface area contributed by atoms with Crippen molar-refractivity contribution in [2.75, 3.05) is 0 Å². The van der Waals surface area contributed by atoms with Crippen molar-refractivity contribution in [1.82, 2.24) is 0 Å². The standard InChI is InChI=1S/C14H7BrCl2O/c15-13-7-3-1-5-9(16)11(7)14(18)12-8(13)4-2-6-10(12)17/h1-6,13H. The lowest BCUT2D eigenvalue weighted by molar-refractivity contribution is 0.103. The highest BCUT2D eigenvalue weighted by Crippen LogP contribution is 2.44. The Morgan fingerprint density at radius 1 is 0.889 bits per heavy atom. The molecular weight excluding hydrogens is 335 g/mol. The molecule has 0 bridgehead atoms. The van der Waals surface area contributed by atoms with Crippen molar-refractivity contribution in [1.29, 1.82) is 0 Å². The Morgan fingerprint density at radius 2 is 1.33 bits per heavy atom. The zero-order chi connectivity index (χ0) is 12.9. The first kappa shape index (κ1) is 12.2. The summed E-state index contributed by atoms with van der Waals surface area (Å²) in [4.78, 5) is 12.4. The van der Waals surface area contributed by atoms with Crippen LogP contribution in [0.1, 0.15) is 31.9 Å². The van der Waals surface area contributed by atoms with Crippen LogP contribution in [0.25, 0.3) is 0 Å². The molecule has 0 atom stereocenters. The molecule has 0 fully saturated rings. The van der Waals surface area contributed by atoms with E-state index < -0.39 is 0 Å². The average molecular weight is 342 g/mol. The van der Waals surface area contributed by atoms with Crippen molar-refractivity contribution in [3.63, 3.8) is 0 Å². The van der Waals surface area contributed by atoms with E-state index in [-0.39, 0.29) is 10.6 Å². The molecule has 0 spiro atoms. The maximum atomic E-state index is 12.5. The van der Waals surface area contributed by atoms with Crippen molar-refractivity contribution >= 4 is 44.9 Å². The molecule has 0 unspecified atom stereocenters. The second kappa shape index (κ2) is 4.37. The van der Waals surface area contributed by atoms with Crippen LogP contribution in [0.3, 0.4) is 0 Å². The SMILES string of the molecule is O=C1c2c(Cl)cccc2C(Br)c2cccc(Cl)c21. The Morgan fingerprint density at radius 3 is 1.78 bits per heavy atom. The van der Waals surface area contributed by atoms with Crippen LogP contribution in [0.4, 0.5) is 0 Å². The lowest BCUT2D eigenvalue weighted by Gasteiger charge is -2.24. The highest BCUT2D eigenvalue weighted by molar-refractivity contribution is 9.09. The largest absolute Gasteiger partial charge is 0.288 e. The van der Waals surface area contributed by atoms with Gasteiger partial charge in [0.15, 0.2) is 5.78 Å². The molecule has 2 aromatic rings. The van der Waals surface area contributed by atoms with Gasteiger partial charge >= 0.3 is 0 Å². The number of alkyl halides is 1. The third-order valence-corrected chi connectivity index (χ3v) is 4.71. The van der Waals surface area contributed by atoms with E-state index in [1.54, 1.807) is 12.1 Å². The van der Waals surface area contributed by atoms with Gasteiger partial charge in [0.2, 0.25) is 0 Å². The molecule has 1 aliphatic rings. The van der Waals surface area contributed by atoms with Crippen molar-refractivity contribution in [3.05, 3.63) is 68.7 Å². The van der Waals surface area contributed by atoms with E-state index in [0.717, 1.165) is 11.1 Å². The van der Waals surface area contributed by atoms with Crippen molar-refractivity contribution in [2.24, 2.45) is 0 Å². The number of fused-ring (bicyclic) bond motifs is 2. The molecule has 1 nitrogen and oxygen atoms in total. The number of rotatable bonds is 0. The smallest absolute Gasteiger partial charge is 0.196 e. The number of ketones is 1. The maximum absolute atomic E-state index is 12.5. The van der Waals surface area contributed by atoms with Gasteiger partial charge in [0.1, 0.15) is 0 Å². The predicted molar refractivity (Wildman–Crippen MR) is 77.1 cm³/mol. The average Bonchev–Trinajstić information content (AvgIpc) is 2.35. The van der Waals surface area contributed by atoms with Crippen LogP contribution in [0.15, 0.2) is 36.4 Å². The fourth-order valence-corrected chi connectivity index (χ4v) is 3.57. The molecule has 0 aliphatic heterocycles. The molecule has 0 amide bonds. The van der Waals surface area contributed by atoms with Gasteiger partial charge in [0.25, 0.3) is 0 Å². The fourth-order valence-electron chi connectivity index (χ4n) is 2.28. The molecule has 1 aliphatic carbocycles. The molecule has 0 radical (unpaired) electrons. The summed E-state index contributed by atoms with van der Waals surface area (Å²) in [5.41, 5.74) is 2.87. The van der Waals surface area contributed by atoms with E-state index >= 15 is 0 Å². The summed E-state index contributed by atoms with van der Waals surface area (Å²) >= 11 is 15.9. The summed E-state index contributed by atoms with van der Waals surface area (Å²) in [6.45, 7) is 0. The number of carbonyl (C=O) groups excluding carboxylic acids is 1. The number of benzene rings is 2. The maximum Gasteiger partial charge on any atom is 0.196 e. The van der Waals surface area contributed by atoms with E-state index in [1.165, 1.54) is 0 Å². The summed E-state index contributed by atoms with van der Waals surface area (Å²) in [7, 11) is 0. The van der Waals surface area contributed by atoms with Gasteiger partial charge in [-0.1, -0.05) is 63.4 Å². The molecule has 0 saturated heterocycles. The second-order valence-corrected chi connectivity index (χ2v) is 5.83. The Hall–Kier alpha value is -0.830. The molecule has 0 aromatic heterocycles. The van der Waals surface area contributed by atoms with E-state index in [1.807, 2.05) is 24.3 Å². The van der Waals surface area contributed by atoms with Crippen molar-refractivity contribution < 1.29 is 4.79 Å². The molecule has 18 heavy (non-hydrogen) atoms. The van der Waals surface area contributed by atoms with E-state index in [0.29, 0.717) is 21.2 Å². The van der Waals surface area contributed by atoms with Gasteiger partial charge in [0.05, 0.1) is 14.9 Å². The normalized spacial score (nSPS) is 14.3. The van der Waals surface area contributed by atoms with Gasteiger partial charge < -0.3 is 0 Å². The van der Waals surface area contributed by atoms with E-state index in [9.17, 15) is 4.79 Å². The van der Waals surface area contributed by atoms with Gasteiger partial charge in [0, 0.05) is 11.1 Å². The number of carbonyl (C=O) groups is 1. The number of hydrogen-bond acceptors (Lipinski definition) is 1. The van der Waals surface area contributed by atoms with Gasteiger partial charge in [-0.2, -0.15) is 0 Å². The summed E-state index contributed by atoms with van der Waals surface area (Å²) in [6.07, 6.45) is 0. The first-order valence-corrected chi connectivity index (χ1v) is 7.04. The molecule has 0 saturated carbocycles. The first-order chi connectivity index (χ1) is 8.61. The first-order valence-electron chi connectivity index (χ1n) is 5.37. The highest BCUT2D eigenvalue weighted by atomic mass is 79.9. The minimum Gasteiger partial charge on any atom is -0.288 e. The minimum atomic E-state index is -0.105. The summed E-state index contributed by atoms with van der Waals surface area (Å²) < 4.78 is 0. The summed E-state index contributed by atoms with van der Waals surface area (Å²) in [5.74, 6) is -0.105. The van der Waals surface area contributed by atoms with Crippen LogP contribution in [0.5, 0.6) is 0 Å². The number of hydrogen-bond donors (Lipinski definition) is 0. The predicted octanol–water partition coefficient (Wildman–Crippen LogP) is 5.02. The monoisotopic (exact) mass is 340 g/mol. The van der Waals surface area contributed by atoms with Crippen LogP contribution >= 0.6 is 39.1 Å². The van der Waals surface area contributed by atoms with Crippen LogP contribution < -0.4 is 0 Å². The third kappa shape index (κ3) is 1.63. The minimum absolute atomic E-state index is 0.0578. The zero-order valence-electron chi connectivity index (χ0n) is 9.08. The molecule has 0 heterocycles. The zero-order valence-corrected chi connectivity index (χ0v) is 12.2. The Balaban J connectivity index is 2.36. The van der Waals surface area contributed by atoms with Gasteiger partial charge in [-0.3, -0.25) is 4.79 Å². The lowest BCUT2D eigenvalue weighted by Crippen LogP contribution is -2.17. The molecule has 90 valence electrons. The van der Waals surface area contributed by atoms with Crippen LogP contribution in [0.2, 0.25) is 10.0 Å². The van der Waals surface area contributed by atoms with Crippen molar-refractivity contribution in [3.8, 4) is 0 Å². The van der Waals surface area contributed by atoms with E-state index in [2.05, 4.69) is 15.9 Å². The topological polar surface area (TPSA) is 17.1 Å². The molecule has 2 aromatic carbocycles. The highest BCUT2D eigenvalue weighted by Gasteiger charge is 2.32. The van der Waals surface area contributed by atoms with Crippen molar-refractivity contribution in [2.45, 2.75) is 4.83 Å². The molecule has 3 rings (SSSR count). The molecule has 0 N–H and O–H groups in total. The summed E-state index contributed by atoms with van der Waals surface area (Å²) in [5, 5.41) is 0.931. The van der Waals surface area contributed by atoms with Gasteiger partial charge in [-0.15, -0.1) is 0 Å². The molecule has 4 heteroatoms. The summed E-state index contributed by atoms with van der Waals surface area (Å²) in [6, 6.07) is 10.9. The number of halogens is 3. The Bertz CT molecular complexity index is 611. The van der Waals surface area contributed by atoms with E-state index in [4.69, 9.17) is 23.2 Å². The lowest BCUT2D eigenvalue weighted by atomic mass is 9.85. The molecular formula is C14H7BrCl2O. The Labute approximate surface area is 123 Å². The third-order valence-electron chi connectivity index (χ3n) is 3.09. The van der Waals surface area contributed by atoms with Gasteiger partial charge in [-0.25, -0.2) is 0 Å². The Kier molecular flexibility index (Phi) is 2.97.